The van der Waals surface area contributed by atoms with E-state index in [2.05, 4.69) is 10.3 Å². The van der Waals surface area contributed by atoms with Gasteiger partial charge >= 0.3 is 0 Å². The van der Waals surface area contributed by atoms with Crippen LogP contribution in [-0.2, 0) is 6.42 Å². The van der Waals surface area contributed by atoms with Gasteiger partial charge in [0.2, 0.25) is 0 Å². The van der Waals surface area contributed by atoms with Crippen LogP contribution in [0, 0.1) is 0 Å². The Labute approximate surface area is 168 Å². The Balaban J connectivity index is 1.65. The molecule has 0 saturated carbocycles. The van der Waals surface area contributed by atoms with Gasteiger partial charge in [-0.1, -0.05) is 41.9 Å². The van der Waals surface area contributed by atoms with E-state index in [0.717, 1.165) is 10.4 Å². The molecule has 2 aromatic heterocycles. The number of benzene rings is 2. The van der Waals surface area contributed by atoms with Gasteiger partial charge in [0.1, 0.15) is 11.3 Å². The second-order valence-corrected chi connectivity index (χ2v) is 7.64. The average molecular weight is 412 g/mol. The van der Waals surface area contributed by atoms with Gasteiger partial charge in [-0.05, 0) is 23.8 Å². The molecular weight excluding hydrogens is 398 g/mol. The first-order valence-electron chi connectivity index (χ1n) is 8.35. The number of anilines is 1. The van der Waals surface area contributed by atoms with Crippen molar-refractivity contribution >= 4 is 39.5 Å². The van der Waals surface area contributed by atoms with Crippen molar-refractivity contribution in [1.82, 2.24) is 9.38 Å². The summed E-state index contributed by atoms with van der Waals surface area (Å²) in [5.41, 5.74) is 0.647. The summed E-state index contributed by atoms with van der Waals surface area (Å²) in [7, 11) is 0. The van der Waals surface area contributed by atoms with Crippen molar-refractivity contribution in [1.29, 1.82) is 0 Å². The lowest BCUT2D eigenvalue weighted by atomic mass is 10.1. The van der Waals surface area contributed by atoms with E-state index in [1.807, 2.05) is 30.3 Å². The maximum Gasteiger partial charge on any atom is 0.271 e. The summed E-state index contributed by atoms with van der Waals surface area (Å²) < 4.78 is 1.37. The number of thiazole rings is 1. The van der Waals surface area contributed by atoms with Crippen molar-refractivity contribution in [2.24, 2.45) is 0 Å². The molecule has 0 bridgehead atoms. The van der Waals surface area contributed by atoms with Gasteiger partial charge < -0.3 is 10.4 Å². The highest BCUT2D eigenvalue weighted by Crippen LogP contribution is 2.27. The lowest BCUT2D eigenvalue weighted by Crippen LogP contribution is -2.25. The number of amides is 1. The van der Waals surface area contributed by atoms with Gasteiger partial charge in [-0.25, -0.2) is 4.98 Å². The summed E-state index contributed by atoms with van der Waals surface area (Å²) in [5, 5.41) is 12.7. The van der Waals surface area contributed by atoms with Crippen molar-refractivity contribution in [2.75, 3.05) is 5.32 Å². The Morgan fingerprint density at radius 1 is 1.21 bits per heavy atom. The number of rotatable bonds is 4. The van der Waals surface area contributed by atoms with E-state index >= 15 is 0 Å². The maximum atomic E-state index is 12.8. The zero-order valence-corrected chi connectivity index (χ0v) is 16.0. The number of nitrogens with one attached hydrogen (secondary N) is 1. The first kappa shape index (κ1) is 18.2. The molecule has 0 fully saturated rings. The van der Waals surface area contributed by atoms with Crippen LogP contribution in [0.25, 0.3) is 4.96 Å². The number of carbonyl (C=O) groups excluding carboxylic acids is 1. The van der Waals surface area contributed by atoms with Crippen LogP contribution in [0.2, 0.25) is 5.02 Å². The fourth-order valence-electron chi connectivity index (χ4n) is 2.76. The van der Waals surface area contributed by atoms with Gasteiger partial charge in [0, 0.05) is 28.7 Å². The second-order valence-electron chi connectivity index (χ2n) is 6.11. The fraction of sp³-hybridized carbons (Fsp3) is 0.0500. The highest BCUT2D eigenvalue weighted by Gasteiger charge is 2.17. The van der Waals surface area contributed by atoms with Crippen molar-refractivity contribution in [3.8, 4) is 5.75 Å². The quantitative estimate of drug-likeness (QED) is 0.498. The summed E-state index contributed by atoms with van der Waals surface area (Å²) in [6.07, 6.45) is 3.62. The van der Waals surface area contributed by atoms with Crippen LogP contribution < -0.4 is 10.9 Å². The standard InChI is InChI=1S/C20H14ClN3O3S/c21-13-6-7-17(25)16(9-13)23-18(26)15-10-22-20-24(19(15)27)11-14(28-20)8-12-4-2-1-3-5-12/h1-7,9-11,25H,8H2,(H,23,26). The highest BCUT2D eigenvalue weighted by molar-refractivity contribution is 7.17. The molecule has 4 aromatic rings. The van der Waals surface area contributed by atoms with E-state index in [9.17, 15) is 14.7 Å². The van der Waals surface area contributed by atoms with Crippen molar-refractivity contribution < 1.29 is 9.90 Å². The lowest BCUT2D eigenvalue weighted by molar-refractivity contribution is 0.102. The van der Waals surface area contributed by atoms with Gasteiger partial charge in [0.15, 0.2) is 4.96 Å². The van der Waals surface area contributed by atoms with Crippen molar-refractivity contribution in [3.05, 3.63) is 92.3 Å². The average Bonchev–Trinajstić information content (AvgIpc) is 3.09. The normalized spacial score (nSPS) is 10.9. The number of aromatic nitrogens is 2. The third-order valence-corrected chi connectivity index (χ3v) is 5.36. The fourth-order valence-corrected chi connectivity index (χ4v) is 3.91. The maximum absolute atomic E-state index is 12.8. The monoisotopic (exact) mass is 411 g/mol. The number of phenolic OH excluding ortho intramolecular Hbond substituents is 1. The van der Waals surface area contributed by atoms with E-state index < -0.39 is 11.5 Å². The smallest absolute Gasteiger partial charge is 0.271 e. The minimum Gasteiger partial charge on any atom is -0.506 e. The number of halogens is 1. The Bertz CT molecular complexity index is 1230. The highest BCUT2D eigenvalue weighted by atomic mass is 35.5. The summed E-state index contributed by atoms with van der Waals surface area (Å²) in [6, 6.07) is 14.1. The van der Waals surface area contributed by atoms with Crippen LogP contribution in [0.4, 0.5) is 5.69 Å². The molecule has 1 amide bonds. The second kappa shape index (κ2) is 7.46. The Morgan fingerprint density at radius 3 is 2.79 bits per heavy atom. The van der Waals surface area contributed by atoms with E-state index in [4.69, 9.17) is 11.6 Å². The minimum atomic E-state index is -0.666. The molecule has 28 heavy (non-hydrogen) atoms. The summed E-state index contributed by atoms with van der Waals surface area (Å²) in [6.45, 7) is 0. The van der Waals surface area contributed by atoms with Gasteiger partial charge in [0.25, 0.3) is 11.5 Å². The first-order valence-corrected chi connectivity index (χ1v) is 9.54. The topological polar surface area (TPSA) is 83.7 Å². The number of fused-ring (bicyclic) bond motifs is 1. The minimum absolute atomic E-state index is 0.122. The van der Waals surface area contributed by atoms with E-state index in [-0.39, 0.29) is 17.0 Å². The molecule has 0 radical (unpaired) electrons. The largest absolute Gasteiger partial charge is 0.506 e. The number of nitrogens with zero attached hydrogens (tertiary/aromatic N) is 2. The van der Waals surface area contributed by atoms with Crippen LogP contribution in [0.15, 0.2) is 65.7 Å². The van der Waals surface area contributed by atoms with Crippen LogP contribution >= 0.6 is 22.9 Å². The molecule has 0 unspecified atom stereocenters. The van der Waals surface area contributed by atoms with Crippen LogP contribution in [-0.4, -0.2) is 20.4 Å². The molecular formula is C20H14ClN3O3S. The molecule has 2 N–H and O–H groups in total. The third-order valence-electron chi connectivity index (χ3n) is 4.13. The molecule has 4 rings (SSSR count). The zero-order chi connectivity index (χ0) is 19.7. The summed E-state index contributed by atoms with van der Waals surface area (Å²) in [5.74, 6) is -0.812. The molecule has 0 aliphatic rings. The Kier molecular flexibility index (Phi) is 4.85. The predicted molar refractivity (Wildman–Crippen MR) is 110 cm³/mol. The summed E-state index contributed by atoms with van der Waals surface area (Å²) in [4.78, 5) is 31.0. The molecule has 140 valence electrons. The number of hydrogen-bond donors (Lipinski definition) is 2. The number of hydrogen-bond acceptors (Lipinski definition) is 5. The molecule has 8 heteroatoms. The van der Waals surface area contributed by atoms with Crippen LogP contribution in [0.3, 0.4) is 0 Å². The number of phenols is 1. The number of carbonyl (C=O) groups is 1. The Hall–Kier alpha value is -3.16. The lowest BCUT2D eigenvalue weighted by Gasteiger charge is -2.07. The van der Waals surface area contributed by atoms with Crippen molar-refractivity contribution in [3.63, 3.8) is 0 Å². The van der Waals surface area contributed by atoms with Crippen LogP contribution in [0.1, 0.15) is 20.8 Å². The predicted octanol–water partition coefficient (Wildman–Crippen LogP) is 3.96. The van der Waals surface area contributed by atoms with Gasteiger partial charge in [-0.3, -0.25) is 14.0 Å². The number of aromatic hydroxyl groups is 1. The molecule has 6 nitrogen and oxygen atoms in total. The molecule has 0 saturated heterocycles. The molecule has 0 spiro atoms. The SMILES string of the molecule is O=C(Nc1cc(Cl)ccc1O)c1cnc2sc(Cc3ccccc3)cn2c1=O. The van der Waals surface area contributed by atoms with Gasteiger partial charge in [0.05, 0.1) is 5.69 Å². The van der Waals surface area contributed by atoms with E-state index in [1.165, 1.54) is 40.1 Å². The molecule has 0 aliphatic heterocycles. The Morgan fingerprint density at radius 2 is 2.00 bits per heavy atom. The van der Waals surface area contributed by atoms with Crippen molar-refractivity contribution in [2.45, 2.75) is 6.42 Å². The molecule has 2 heterocycles. The first-order chi connectivity index (χ1) is 13.5. The van der Waals surface area contributed by atoms with Gasteiger partial charge in [-0.15, -0.1) is 11.3 Å². The zero-order valence-electron chi connectivity index (χ0n) is 14.4. The third kappa shape index (κ3) is 3.62. The van der Waals surface area contributed by atoms with E-state index in [1.54, 1.807) is 6.20 Å². The van der Waals surface area contributed by atoms with Crippen LogP contribution in [0.5, 0.6) is 5.75 Å². The molecule has 0 aliphatic carbocycles. The summed E-state index contributed by atoms with van der Waals surface area (Å²) >= 11 is 7.28. The van der Waals surface area contributed by atoms with E-state index in [0.29, 0.717) is 16.4 Å². The van der Waals surface area contributed by atoms with Gasteiger partial charge in [-0.2, -0.15) is 0 Å². The molecule has 0 atom stereocenters. The molecule has 2 aromatic carbocycles.